The second-order valence-corrected chi connectivity index (χ2v) is 3.71. The molecule has 0 bridgehead atoms. The maximum absolute atomic E-state index is 12.3. The van der Waals surface area contributed by atoms with E-state index in [2.05, 4.69) is 20.9 Å². The van der Waals surface area contributed by atoms with Crippen molar-refractivity contribution in [2.45, 2.75) is 13.3 Å². The zero-order chi connectivity index (χ0) is 10.9. The molecular formula is C8H5BrClF2NO. The molecule has 0 amide bonds. The Balaban J connectivity index is 3.33. The number of rotatable bonds is 2. The lowest BCUT2D eigenvalue weighted by atomic mass is 10.1. The van der Waals surface area contributed by atoms with E-state index in [1.165, 1.54) is 6.92 Å². The number of hydrogen-bond donors (Lipinski definition) is 0. The van der Waals surface area contributed by atoms with Gasteiger partial charge < -0.3 is 0 Å². The minimum absolute atomic E-state index is 0.0913. The molecule has 0 saturated carbocycles. The normalized spacial score (nSPS) is 10.7. The van der Waals surface area contributed by atoms with E-state index in [4.69, 9.17) is 11.6 Å². The Morgan fingerprint density at radius 3 is 2.64 bits per heavy atom. The maximum atomic E-state index is 12.3. The van der Waals surface area contributed by atoms with E-state index in [0.717, 1.165) is 6.20 Å². The van der Waals surface area contributed by atoms with Gasteiger partial charge >= 0.3 is 0 Å². The first-order valence-corrected chi connectivity index (χ1v) is 4.75. The van der Waals surface area contributed by atoms with Crippen LogP contribution in [0.1, 0.15) is 28.0 Å². The van der Waals surface area contributed by atoms with Crippen LogP contribution in [0.2, 0.25) is 0 Å². The smallest absolute Gasteiger partial charge is 0.276 e. The molecule has 76 valence electrons. The van der Waals surface area contributed by atoms with Crippen LogP contribution in [-0.4, -0.2) is 10.2 Å². The number of hydrogen-bond acceptors (Lipinski definition) is 2. The van der Waals surface area contributed by atoms with Crippen molar-refractivity contribution >= 4 is 32.8 Å². The summed E-state index contributed by atoms with van der Waals surface area (Å²) in [6.45, 7) is 1.45. The quantitative estimate of drug-likeness (QED) is 0.778. The van der Waals surface area contributed by atoms with Crippen LogP contribution < -0.4 is 0 Å². The van der Waals surface area contributed by atoms with Gasteiger partial charge in [0.25, 0.3) is 11.7 Å². The zero-order valence-electron chi connectivity index (χ0n) is 7.02. The molecule has 1 heterocycles. The van der Waals surface area contributed by atoms with Crippen LogP contribution in [0.15, 0.2) is 10.7 Å². The van der Waals surface area contributed by atoms with Crippen molar-refractivity contribution in [3.63, 3.8) is 0 Å². The van der Waals surface area contributed by atoms with E-state index >= 15 is 0 Å². The van der Waals surface area contributed by atoms with Crippen LogP contribution in [-0.2, 0) is 0 Å². The predicted molar refractivity (Wildman–Crippen MR) is 51.8 cm³/mol. The molecule has 14 heavy (non-hydrogen) atoms. The van der Waals surface area contributed by atoms with Gasteiger partial charge in [-0.3, -0.25) is 9.78 Å². The monoisotopic (exact) mass is 283 g/mol. The number of carbonyl (C=O) groups excluding carboxylic acids is 1. The molecule has 0 aliphatic heterocycles. The van der Waals surface area contributed by atoms with E-state index < -0.39 is 11.7 Å². The maximum Gasteiger partial charge on any atom is 0.280 e. The second-order valence-electron chi connectivity index (χ2n) is 2.57. The minimum atomic E-state index is -2.66. The van der Waals surface area contributed by atoms with Gasteiger partial charge in [-0.05, 0) is 40.0 Å². The van der Waals surface area contributed by atoms with Gasteiger partial charge in [-0.15, -0.1) is 0 Å². The molecule has 2 nitrogen and oxygen atoms in total. The second kappa shape index (κ2) is 4.31. The Labute approximate surface area is 92.4 Å². The van der Waals surface area contributed by atoms with Crippen LogP contribution in [0.4, 0.5) is 8.78 Å². The number of carbonyl (C=O) groups is 1. The molecule has 1 aromatic rings. The summed E-state index contributed by atoms with van der Waals surface area (Å²) in [4.78, 5) is 14.3. The standard InChI is InChI=1S/C8H5BrClF2NO/c1-3-5(9)4(7(10)14)2-13-6(3)8(11)12/h2,8H,1H3. The minimum Gasteiger partial charge on any atom is -0.276 e. The third-order valence-electron chi connectivity index (χ3n) is 1.70. The fraction of sp³-hybridized carbons (Fsp3) is 0.250. The Hall–Kier alpha value is -0.550. The van der Waals surface area contributed by atoms with Crippen molar-refractivity contribution in [1.29, 1.82) is 0 Å². The Bertz CT molecular complexity index is 384. The van der Waals surface area contributed by atoms with Gasteiger partial charge in [-0.2, -0.15) is 0 Å². The highest BCUT2D eigenvalue weighted by molar-refractivity contribution is 9.10. The van der Waals surface area contributed by atoms with Crippen LogP contribution in [0.5, 0.6) is 0 Å². The molecule has 0 unspecified atom stereocenters. The summed E-state index contributed by atoms with van der Waals surface area (Å²) in [7, 11) is 0. The van der Waals surface area contributed by atoms with Gasteiger partial charge in [0.15, 0.2) is 0 Å². The average molecular weight is 284 g/mol. The Kier molecular flexibility index (Phi) is 3.55. The molecule has 0 atom stereocenters. The first-order valence-electron chi connectivity index (χ1n) is 3.58. The first-order chi connectivity index (χ1) is 6.45. The third-order valence-corrected chi connectivity index (χ3v) is 2.93. The summed E-state index contributed by atoms with van der Waals surface area (Å²) in [5.41, 5.74) is -0.0291. The predicted octanol–water partition coefficient (Wildman–Crippen LogP) is 3.47. The summed E-state index contributed by atoms with van der Waals surface area (Å²) >= 11 is 8.24. The molecule has 0 fully saturated rings. The lowest BCUT2D eigenvalue weighted by Crippen LogP contribution is -2.01. The molecule has 1 rings (SSSR count). The number of alkyl halides is 2. The Morgan fingerprint density at radius 1 is 1.64 bits per heavy atom. The molecule has 1 aromatic heterocycles. The highest BCUT2D eigenvalue weighted by atomic mass is 79.9. The van der Waals surface area contributed by atoms with Crippen molar-refractivity contribution in [1.82, 2.24) is 4.98 Å². The highest BCUT2D eigenvalue weighted by Crippen LogP contribution is 2.29. The number of halogens is 4. The van der Waals surface area contributed by atoms with Gasteiger partial charge in [-0.1, -0.05) is 0 Å². The van der Waals surface area contributed by atoms with Gasteiger partial charge in [-0.25, -0.2) is 8.78 Å². The molecule has 0 aliphatic rings. The van der Waals surface area contributed by atoms with Crippen molar-refractivity contribution in [3.05, 3.63) is 27.5 Å². The van der Waals surface area contributed by atoms with Gasteiger partial charge in [0.1, 0.15) is 5.69 Å². The number of aromatic nitrogens is 1. The molecular weight excluding hydrogens is 279 g/mol. The topological polar surface area (TPSA) is 30.0 Å². The van der Waals surface area contributed by atoms with Gasteiger partial charge in [0.05, 0.1) is 5.56 Å². The molecule has 0 aromatic carbocycles. The van der Waals surface area contributed by atoms with Crippen LogP contribution in [0, 0.1) is 6.92 Å². The fourth-order valence-electron chi connectivity index (χ4n) is 0.959. The van der Waals surface area contributed by atoms with Crippen molar-refractivity contribution in [2.24, 2.45) is 0 Å². The third kappa shape index (κ3) is 2.09. The van der Waals surface area contributed by atoms with Gasteiger partial charge in [0.2, 0.25) is 0 Å². The van der Waals surface area contributed by atoms with Crippen molar-refractivity contribution in [3.8, 4) is 0 Å². The summed E-state index contributed by atoms with van der Waals surface area (Å²) in [6, 6.07) is 0. The molecule has 0 spiro atoms. The van der Waals surface area contributed by atoms with Gasteiger partial charge in [0, 0.05) is 10.7 Å². The van der Waals surface area contributed by atoms with Crippen LogP contribution in [0.3, 0.4) is 0 Å². The highest BCUT2D eigenvalue weighted by Gasteiger charge is 2.18. The molecule has 0 aliphatic carbocycles. The fourth-order valence-corrected chi connectivity index (χ4v) is 1.70. The molecule has 0 saturated heterocycles. The zero-order valence-corrected chi connectivity index (χ0v) is 9.36. The summed E-state index contributed by atoms with van der Waals surface area (Å²) in [5.74, 6) is 0. The molecule has 6 heteroatoms. The number of nitrogens with zero attached hydrogens (tertiary/aromatic N) is 1. The summed E-state index contributed by atoms with van der Waals surface area (Å²) < 4.78 is 24.9. The van der Waals surface area contributed by atoms with E-state index in [0.29, 0.717) is 0 Å². The van der Waals surface area contributed by atoms with Crippen molar-refractivity contribution in [2.75, 3.05) is 0 Å². The van der Waals surface area contributed by atoms with E-state index in [-0.39, 0.29) is 21.3 Å². The largest absolute Gasteiger partial charge is 0.280 e. The van der Waals surface area contributed by atoms with E-state index in [1.54, 1.807) is 0 Å². The number of pyridine rings is 1. The summed E-state index contributed by atoms with van der Waals surface area (Å²) in [6.07, 6.45) is -1.63. The summed E-state index contributed by atoms with van der Waals surface area (Å²) in [5, 5.41) is -0.728. The van der Waals surface area contributed by atoms with E-state index in [9.17, 15) is 13.6 Å². The lowest BCUT2D eigenvalue weighted by molar-refractivity contribution is 0.107. The van der Waals surface area contributed by atoms with Crippen LogP contribution in [0.25, 0.3) is 0 Å². The average Bonchev–Trinajstić information content (AvgIpc) is 2.08. The Morgan fingerprint density at radius 2 is 2.21 bits per heavy atom. The SMILES string of the molecule is Cc1c(C(F)F)ncc(C(=O)Cl)c1Br. The first kappa shape index (κ1) is 11.5. The molecule has 0 radical (unpaired) electrons. The lowest BCUT2D eigenvalue weighted by Gasteiger charge is -2.07. The van der Waals surface area contributed by atoms with Crippen LogP contribution >= 0.6 is 27.5 Å². The van der Waals surface area contributed by atoms with Crippen molar-refractivity contribution < 1.29 is 13.6 Å². The van der Waals surface area contributed by atoms with E-state index in [1.807, 2.05) is 0 Å². The molecule has 0 N–H and O–H groups in total.